The highest BCUT2D eigenvalue weighted by Crippen LogP contribution is 1.74. The van der Waals surface area contributed by atoms with Gasteiger partial charge in [-0.25, -0.2) is 0 Å². The summed E-state index contributed by atoms with van der Waals surface area (Å²) in [4.78, 5) is 9.59. The molecule has 0 aromatic carbocycles. The summed E-state index contributed by atoms with van der Waals surface area (Å²) in [5, 5.41) is 10.3. The van der Waals surface area contributed by atoms with E-state index in [1.54, 1.807) is 6.07 Å². The van der Waals surface area contributed by atoms with Gasteiger partial charge in [-0.2, -0.15) is 9.65 Å². The fourth-order valence-corrected chi connectivity index (χ4v) is 0.255. The zero-order valence-corrected chi connectivity index (χ0v) is 5.04. The van der Waals surface area contributed by atoms with Gasteiger partial charge in [0.05, 0.1) is 6.07 Å². The average Bonchev–Trinajstić information content (AvgIpc) is 1.87. The van der Waals surface area contributed by atoms with E-state index >= 15 is 0 Å². The Morgan fingerprint density at radius 2 is 2.30 bits per heavy atom. The minimum absolute atomic E-state index is 0.710. The molecule has 0 heterocycles. The topological polar surface area (TPSA) is 52.9 Å². The van der Waals surface area contributed by atoms with Gasteiger partial charge in [-0.3, -0.25) is 4.79 Å². The van der Waals surface area contributed by atoms with Gasteiger partial charge in [-0.15, -0.1) is 0 Å². The van der Waals surface area contributed by atoms with Gasteiger partial charge in [0, 0.05) is 24.6 Å². The molecular formula is C6H5FN2O. The summed E-state index contributed by atoms with van der Waals surface area (Å²) in [6, 6.07) is 0.170. The van der Waals surface area contributed by atoms with Crippen LogP contribution in [0.2, 0.25) is 0 Å². The molecule has 3 nitrogen and oxygen atoms in total. The zero-order chi connectivity index (χ0) is 7.82. The van der Waals surface area contributed by atoms with E-state index in [1.165, 1.54) is 6.20 Å². The molecule has 0 bridgehead atoms. The van der Waals surface area contributed by atoms with Crippen molar-refractivity contribution in [1.82, 2.24) is 5.32 Å². The molecule has 0 saturated heterocycles. The van der Waals surface area contributed by atoms with Crippen molar-refractivity contribution in [3.05, 3.63) is 24.6 Å². The quantitative estimate of drug-likeness (QED) is 0.355. The molecule has 4 heteroatoms. The maximum absolute atomic E-state index is 11.4. The van der Waals surface area contributed by atoms with E-state index < -0.39 is 6.04 Å². The van der Waals surface area contributed by atoms with Crippen LogP contribution in [0.25, 0.3) is 0 Å². The van der Waals surface area contributed by atoms with Crippen LogP contribution in [0.5, 0.6) is 0 Å². The standard InChI is InChI=1S/C6H5FN2O/c7-6(10)2-5-9-4-1-3-8/h1-2,4-5,9H/b4-1+,5-2+. The summed E-state index contributed by atoms with van der Waals surface area (Å²) in [6.45, 7) is 0. The Hall–Kier alpha value is -1.63. The Balaban J connectivity index is 3.47. The van der Waals surface area contributed by atoms with Gasteiger partial charge >= 0.3 is 6.04 Å². The van der Waals surface area contributed by atoms with E-state index in [9.17, 15) is 9.18 Å². The highest BCUT2D eigenvalue weighted by Gasteiger charge is 1.82. The van der Waals surface area contributed by atoms with E-state index in [1.807, 2.05) is 0 Å². The zero-order valence-electron chi connectivity index (χ0n) is 5.04. The molecule has 0 aliphatic carbocycles. The molecule has 0 atom stereocenters. The average molecular weight is 140 g/mol. The number of allylic oxidation sites excluding steroid dienone is 2. The second kappa shape index (κ2) is 5.51. The second-order valence-electron chi connectivity index (χ2n) is 1.27. The molecule has 0 aliphatic rings. The Bertz CT molecular complexity index is 202. The molecule has 0 spiro atoms. The van der Waals surface area contributed by atoms with Crippen molar-refractivity contribution in [3.8, 4) is 6.07 Å². The van der Waals surface area contributed by atoms with Crippen LogP contribution in [0.3, 0.4) is 0 Å². The smallest absolute Gasteiger partial charge is 0.326 e. The molecule has 1 N–H and O–H groups in total. The Morgan fingerprint density at radius 3 is 2.80 bits per heavy atom. The first-order valence-corrected chi connectivity index (χ1v) is 2.44. The minimum Gasteiger partial charge on any atom is -0.367 e. The largest absolute Gasteiger partial charge is 0.367 e. The number of carbonyl (C=O) groups excluding carboxylic acids is 1. The van der Waals surface area contributed by atoms with Crippen molar-refractivity contribution in [2.75, 3.05) is 0 Å². The molecule has 0 saturated carbocycles. The summed E-state index contributed by atoms with van der Waals surface area (Å²) in [5.74, 6) is 0. The fraction of sp³-hybridized carbons (Fsp3) is 0. The number of halogens is 1. The molecule has 0 unspecified atom stereocenters. The summed E-state index contributed by atoms with van der Waals surface area (Å²) in [7, 11) is 0. The first kappa shape index (κ1) is 8.37. The maximum atomic E-state index is 11.4. The van der Waals surface area contributed by atoms with Crippen LogP contribution in [0.15, 0.2) is 24.6 Å². The molecule has 0 radical (unpaired) electrons. The SMILES string of the molecule is N#C/C=C/N/C=C/C(=O)F. The summed E-state index contributed by atoms with van der Waals surface area (Å²) in [5.41, 5.74) is 0. The third-order valence-electron chi connectivity index (χ3n) is 0.565. The predicted molar refractivity (Wildman–Crippen MR) is 33.1 cm³/mol. The van der Waals surface area contributed by atoms with E-state index in [0.717, 1.165) is 12.3 Å². The van der Waals surface area contributed by atoms with Crippen LogP contribution in [0, 0.1) is 11.3 Å². The number of nitrogens with one attached hydrogen (secondary N) is 1. The molecule has 52 valence electrons. The predicted octanol–water partition coefficient (Wildman–Crippen LogP) is 0.623. The third-order valence-corrected chi connectivity index (χ3v) is 0.565. The lowest BCUT2D eigenvalue weighted by molar-refractivity contribution is -0.124. The molecule has 0 aromatic heterocycles. The first-order valence-electron chi connectivity index (χ1n) is 2.44. The lowest BCUT2D eigenvalue weighted by Gasteiger charge is -1.81. The van der Waals surface area contributed by atoms with Gasteiger partial charge in [0.25, 0.3) is 0 Å². The summed E-state index contributed by atoms with van der Waals surface area (Å²) >= 11 is 0. The first-order chi connectivity index (χ1) is 4.77. The fourth-order valence-electron chi connectivity index (χ4n) is 0.255. The molecule has 10 heavy (non-hydrogen) atoms. The van der Waals surface area contributed by atoms with Gasteiger partial charge < -0.3 is 5.32 Å². The van der Waals surface area contributed by atoms with E-state index in [2.05, 4.69) is 5.32 Å². The van der Waals surface area contributed by atoms with Crippen molar-refractivity contribution >= 4 is 6.04 Å². The number of carbonyl (C=O) groups is 1. The van der Waals surface area contributed by atoms with Crippen LogP contribution in [0.4, 0.5) is 4.39 Å². The maximum Gasteiger partial charge on any atom is 0.326 e. The lowest BCUT2D eigenvalue weighted by atomic mass is 10.6. The molecule has 0 amide bonds. The minimum atomic E-state index is -1.53. The van der Waals surface area contributed by atoms with E-state index in [0.29, 0.717) is 6.08 Å². The lowest BCUT2D eigenvalue weighted by Crippen LogP contribution is -1.92. The third kappa shape index (κ3) is 6.37. The van der Waals surface area contributed by atoms with Crippen molar-refractivity contribution in [2.45, 2.75) is 0 Å². The number of hydrogen-bond acceptors (Lipinski definition) is 3. The number of nitrogens with zero attached hydrogens (tertiary/aromatic N) is 1. The normalized spacial score (nSPS) is 10.0. The molecule has 0 aromatic rings. The Labute approximate surface area is 57.5 Å². The molecule has 0 fully saturated rings. The number of nitriles is 1. The monoisotopic (exact) mass is 140 g/mol. The second-order valence-corrected chi connectivity index (χ2v) is 1.27. The van der Waals surface area contributed by atoms with Gasteiger partial charge in [-0.05, 0) is 0 Å². The summed E-state index contributed by atoms with van der Waals surface area (Å²) in [6.07, 6.45) is 4.24. The van der Waals surface area contributed by atoms with E-state index in [4.69, 9.17) is 5.26 Å². The van der Waals surface area contributed by atoms with Crippen LogP contribution < -0.4 is 5.32 Å². The molecule has 0 aliphatic heterocycles. The highest BCUT2D eigenvalue weighted by molar-refractivity contribution is 5.80. The highest BCUT2D eigenvalue weighted by atomic mass is 19.1. The van der Waals surface area contributed by atoms with Crippen LogP contribution in [-0.4, -0.2) is 6.04 Å². The molecule has 0 rings (SSSR count). The Morgan fingerprint density at radius 1 is 1.60 bits per heavy atom. The van der Waals surface area contributed by atoms with Crippen LogP contribution >= 0.6 is 0 Å². The van der Waals surface area contributed by atoms with Gasteiger partial charge in [0.1, 0.15) is 0 Å². The number of hydrogen-bond donors (Lipinski definition) is 1. The van der Waals surface area contributed by atoms with Gasteiger partial charge in [0.2, 0.25) is 0 Å². The van der Waals surface area contributed by atoms with Crippen LogP contribution in [-0.2, 0) is 4.79 Å². The van der Waals surface area contributed by atoms with E-state index in [-0.39, 0.29) is 0 Å². The Kier molecular flexibility index (Phi) is 4.61. The van der Waals surface area contributed by atoms with Gasteiger partial charge in [0.15, 0.2) is 0 Å². The van der Waals surface area contributed by atoms with Crippen molar-refractivity contribution in [1.29, 1.82) is 5.26 Å². The van der Waals surface area contributed by atoms with Crippen molar-refractivity contribution in [3.63, 3.8) is 0 Å². The number of rotatable bonds is 3. The van der Waals surface area contributed by atoms with Crippen molar-refractivity contribution < 1.29 is 9.18 Å². The van der Waals surface area contributed by atoms with Crippen LogP contribution in [0.1, 0.15) is 0 Å². The summed E-state index contributed by atoms with van der Waals surface area (Å²) < 4.78 is 11.4. The van der Waals surface area contributed by atoms with Gasteiger partial charge in [-0.1, -0.05) is 0 Å². The van der Waals surface area contributed by atoms with Crippen molar-refractivity contribution in [2.24, 2.45) is 0 Å². The molecular weight excluding hydrogens is 135 g/mol.